The summed E-state index contributed by atoms with van der Waals surface area (Å²) in [5.74, 6) is -0.152. The first-order valence-corrected chi connectivity index (χ1v) is 12.1. The highest BCUT2D eigenvalue weighted by Crippen LogP contribution is 2.38. The molecule has 1 aliphatic rings. The summed E-state index contributed by atoms with van der Waals surface area (Å²) in [5.41, 5.74) is 3.40. The molecule has 5 rings (SSSR count). The molecule has 0 N–H and O–H groups in total. The van der Waals surface area contributed by atoms with Crippen molar-refractivity contribution in [1.29, 1.82) is 0 Å². The Balaban J connectivity index is 1.85. The first-order chi connectivity index (χ1) is 16.6. The van der Waals surface area contributed by atoms with Crippen LogP contribution in [-0.2, 0) is 6.18 Å². The molecule has 184 valence electrons. The van der Waals surface area contributed by atoms with Crippen LogP contribution in [-0.4, -0.2) is 37.8 Å². The van der Waals surface area contributed by atoms with Gasteiger partial charge in [-0.2, -0.15) is 13.2 Å². The molecular weight excluding hydrogens is 453 g/mol. The molecule has 0 spiro atoms. The second-order valence-corrected chi connectivity index (χ2v) is 9.71. The number of nitrogens with zero attached hydrogens (tertiary/aromatic N) is 4. The fraction of sp³-hybridized carbons (Fsp3) is 0.407. The number of amides is 1. The van der Waals surface area contributed by atoms with Crippen LogP contribution >= 0.6 is 0 Å². The van der Waals surface area contributed by atoms with E-state index in [-0.39, 0.29) is 5.78 Å². The molecular formula is C27H29F3N4O. The molecule has 1 aliphatic carbocycles. The van der Waals surface area contributed by atoms with Crippen molar-refractivity contribution < 1.29 is 18.0 Å². The van der Waals surface area contributed by atoms with Crippen LogP contribution in [0, 0.1) is 26.7 Å². The molecule has 8 heteroatoms. The molecule has 2 heterocycles. The molecule has 1 fully saturated rings. The molecule has 1 saturated carbocycles. The van der Waals surface area contributed by atoms with Gasteiger partial charge in [0.2, 0.25) is 5.78 Å². The van der Waals surface area contributed by atoms with Crippen LogP contribution in [0.1, 0.15) is 59.1 Å². The van der Waals surface area contributed by atoms with Crippen molar-refractivity contribution in [2.45, 2.75) is 53.1 Å². The number of halogens is 3. The van der Waals surface area contributed by atoms with Gasteiger partial charge < -0.3 is 4.90 Å². The second-order valence-electron chi connectivity index (χ2n) is 9.71. The lowest BCUT2D eigenvalue weighted by Crippen LogP contribution is -2.35. The molecule has 0 saturated heterocycles. The summed E-state index contributed by atoms with van der Waals surface area (Å²) < 4.78 is 46.2. The molecule has 0 unspecified atom stereocenters. The van der Waals surface area contributed by atoms with Crippen LogP contribution in [0.3, 0.4) is 0 Å². The fourth-order valence-electron chi connectivity index (χ4n) is 5.18. The van der Waals surface area contributed by atoms with E-state index in [1.54, 1.807) is 21.6 Å². The van der Waals surface area contributed by atoms with Gasteiger partial charge in [0.05, 0.1) is 16.7 Å². The van der Waals surface area contributed by atoms with Gasteiger partial charge in [-0.3, -0.25) is 13.8 Å². The lowest BCUT2D eigenvalue weighted by atomic mass is 10.0. The number of hydrogen-bond donors (Lipinski definition) is 0. The molecule has 5 nitrogen and oxygen atoms in total. The third-order valence-corrected chi connectivity index (χ3v) is 6.71. The predicted molar refractivity (Wildman–Crippen MR) is 130 cm³/mol. The van der Waals surface area contributed by atoms with Crippen LogP contribution in [0.4, 0.5) is 13.2 Å². The third kappa shape index (κ3) is 3.98. The van der Waals surface area contributed by atoms with Crippen molar-refractivity contribution in [2.24, 2.45) is 5.92 Å². The number of hydrogen-bond acceptors (Lipinski definition) is 2. The van der Waals surface area contributed by atoms with Gasteiger partial charge in [-0.1, -0.05) is 36.8 Å². The van der Waals surface area contributed by atoms with Crippen LogP contribution in [0.15, 0.2) is 36.4 Å². The van der Waals surface area contributed by atoms with Crippen molar-refractivity contribution in [2.75, 3.05) is 13.1 Å². The van der Waals surface area contributed by atoms with E-state index in [2.05, 4.69) is 4.98 Å². The number of para-hydroxylation sites is 2. The van der Waals surface area contributed by atoms with Crippen LogP contribution < -0.4 is 0 Å². The zero-order valence-electron chi connectivity index (χ0n) is 20.4. The lowest BCUT2D eigenvalue weighted by Gasteiger charge is -2.22. The Morgan fingerprint density at radius 3 is 2.29 bits per heavy atom. The summed E-state index contributed by atoms with van der Waals surface area (Å²) in [6.45, 7) is 8.69. The number of alkyl halides is 3. The number of benzene rings is 2. The summed E-state index contributed by atoms with van der Waals surface area (Å²) in [7, 11) is 0. The van der Waals surface area contributed by atoms with Crippen LogP contribution in [0.25, 0.3) is 22.5 Å². The Morgan fingerprint density at radius 2 is 1.71 bits per heavy atom. The molecule has 2 aromatic heterocycles. The molecule has 1 amide bonds. The van der Waals surface area contributed by atoms with Gasteiger partial charge in [0.25, 0.3) is 5.91 Å². The van der Waals surface area contributed by atoms with Crippen LogP contribution in [0.2, 0.25) is 0 Å². The number of rotatable bonds is 6. The van der Waals surface area contributed by atoms with Crippen molar-refractivity contribution in [1.82, 2.24) is 18.9 Å². The summed E-state index contributed by atoms with van der Waals surface area (Å²) in [6, 6.07) is 11.2. The maximum Gasteiger partial charge on any atom is 0.435 e. The fourth-order valence-corrected chi connectivity index (χ4v) is 5.18. The largest absolute Gasteiger partial charge is 0.435 e. The molecule has 2 aromatic carbocycles. The van der Waals surface area contributed by atoms with E-state index in [0.29, 0.717) is 36.5 Å². The smallest absolute Gasteiger partial charge is 0.337 e. The van der Waals surface area contributed by atoms with E-state index in [9.17, 15) is 18.0 Å². The van der Waals surface area contributed by atoms with Crippen LogP contribution in [0.5, 0.6) is 0 Å². The number of fused-ring (bicyclic) bond motifs is 3. The number of carbonyl (C=O) groups excluding carboxylic acids is 1. The lowest BCUT2D eigenvalue weighted by molar-refractivity contribution is -0.141. The molecule has 0 atom stereocenters. The normalized spacial score (nSPS) is 14.3. The van der Waals surface area contributed by atoms with Crippen molar-refractivity contribution in [3.05, 3.63) is 64.5 Å². The highest BCUT2D eigenvalue weighted by molar-refractivity contribution is 5.98. The number of carbonyl (C=O) groups is 1. The molecule has 4 aromatic rings. The van der Waals surface area contributed by atoms with E-state index in [1.807, 2.05) is 52.0 Å². The Morgan fingerprint density at radius 1 is 1.09 bits per heavy atom. The quantitative estimate of drug-likeness (QED) is 0.316. The summed E-state index contributed by atoms with van der Waals surface area (Å²) in [5, 5.41) is 0. The number of aryl methyl sites for hydroxylation is 3. The topological polar surface area (TPSA) is 42.5 Å². The van der Waals surface area contributed by atoms with Crippen molar-refractivity contribution in [3.63, 3.8) is 0 Å². The molecule has 35 heavy (non-hydrogen) atoms. The molecule has 0 bridgehead atoms. The Kier molecular flexibility index (Phi) is 5.65. The monoisotopic (exact) mass is 482 g/mol. The first-order valence-electron chi connectivity index (χ1n) is 12.1. The third-order valence-electron chi connectivity index (χ3n) is 6.71. The molecule has 0 radical (unpaired) electrons. The standard InChI is InChI=1S/C27H29F3N4O/c1-5-12-32(15-19-10-11-19)25(35)23-24(27(28,29)30)31-26-33(20-8-6-7-9-21(20)34(23)26)22-17(3)13-16(2)14-18(22)4/h6-9,13-14,19H,5,10-12,15H2,1-4H3. The predicted octanol–water partition coefficient (Wildman–Crippen LogP) is 6.48. The van der Waals surface area contributed by atoms with Gasteiger partial charge >= 0.3 is 6.18 Å². The number of imidazole rings is 2. The zero-order valence-corrected chi connectivity index (χ0v) is 20.4. The summed E-state index contributed by atoms with van der Waals surface area (Å²) in [4.78, 5) is 19.5. The van der Waals surface area contributed by atoms with Gasteiger partial charge in [-0.15, -0.1) is 0 Å². The number of aromatic nitrogens is 3. The maximum atomic E-state index is 14.3. The Hall–Kier alpha value is -3.29. The van der Waals surface area contributed by atoms with Crippen molar-refractivity contribution >= 4 is 22.7 Å². The highest BCUT2D eigenvalue weighted by atomic mass is 19.4. The molecule has 0 aliphatic heterocycles. The van der Waals surface area contributed by atoms with E-state index in [1.165, 1.54) is 4.40 Å². The Bertz CT molecular complexity index is 1420. The van der Waals surface area contributed by atoms with Gasteiger partial charge in [0.15, 0.2) is 5.69 Å². The van der Waals surface area contributed by atoms with E-state index >= 15 is 0 Å². The average molecular weight is 483 g/mol. The van der Waals surface area contributed by atoms with E-state index in [4.69, 9.17) is 0 Å². The van der Waals surface area contributed by atoms with Gasteiger partial charge in [0.1, 0.15) is 5.69 Å². The van der Waals surface area contributed by atoms with Gasteiger partial charge in [0, 0.05) is 13.1 Å². The summed E-state index contributed by atoms with van der Waals surface area (Å²) >= 11 is 0. The van der Waals surface area contributed by atoms with Gasteiger partial charge in [-0.25, -0.2) is 4.98 Å². The highest BCUT2D eigenvalue weighted by Gasteiger charge is 2.43. The van der Waals surface area contributed by atoms with Gasteiger partial charge in [-0.05, 0) is 69.2 Å². The maximum absolute atomic E-state index is 14.3. The van der Waals surface area contributed by atoms with Crippen molar-refractivity contribution in [3.8, 4) is 5.69 Å². The average Bonchev–Trinajstić information content (AvgIpc) is 3.42. The van der Waals surface area contributed by atoms with E-state index in [0.717, 1.165) is 35.2 Å². The minimum atomic E-state index is -4.77. The first kappa shape index (κ1) is 23.5. The SMILES string of the molecule is CCCN(CC1CC1)C(=O)c1c(C(F)(F)F)nc2n(-c3c(C)cc(C)cc3C)c3ccccc3n12. The minimum Gasteiger partial charge on any atom is -0.337 e. The Labute approximate surface area is 202 Å². The minimum absolute atomic E-state index is 0.0970. The summed E-state index contributed by atoms with van der Waals surface area (Å²) in [6.07, 6.45) is -2.08. The second kappa shape index (κ2) is 8.43. The van der Waals surface area contributed by atoms with E-state index < -0.39 is 23.5 Å². The zero-order chi connectivity index (χ0) is 25.1.